The van der Waals surface area contributed by atoms with Crippen molar-refractivity contribution in [3.8, 4) is 0 Å². The van der Waals surface area contributed by atoms with Gasteiger partial charge >= 0.3 is 0 Å². The van der Waals surface area contributed by atoms with Crippen molar-refractivity contribution in [1.82, 2.24) is 0 Å². The van der Waals surface area contributed by atoms with Gasteiger partial charge < -0.3 is 38.6 Å². The third-order valence-electron chi connectivity index (χ3n) is 6.53. The van der Waals surface area contributed by atoms with Gasteiger partial charge in [0.1, 0.15) is 18.3 Å². The van der Waals surface area contributed by atoms with E-state index in [0.29, 0.717) is 19.3 Å². The smallest absolute Gasteiger partial charge is 0.164 e. The van der Waals surface area contributed by atoms with Crippen LogP contribution in [0.2, 0.25) is 0 Å². The molecule has 3 aliphatic carbocycles. The molecule has 202 valence electrons. The fourth-order valence-corrected chi connectivity index (χ4v) is 5.18. The number of hydrogen-bond acceptors (Lipinski definition) is 9. The topological polar surface area (TPSA) is 113 Å². The monoisotopic (exact) mass is 508 g/mol. The van der Waals surface area contributed by atoms with Gasteiger partial charge in [-0.25, -0.2) is 0 Å². The summed E-state index contributed by atoms with van der Waals surface area (Å²) in [5, 5.41) is 18.6. The molecular weight excluding hydrogens is 468 g/mol. The first-order chi connectivity index (χ1) is 16.7. The Hall–Kier alpha value is -1.43. The van der Waals surface area contributed by atoms with E-state index in [-0.39, 0.29) is 54.6 Å². The summed E-state index contributed by atoms with van der Waals surface area (Å²) in [4.78, 5) is 11.0. The molecule has 0 amide bonds. The van der Waals surface area contributed by atoms with Gasteiger partial charge in [0, 0.05) is 19.3 Å². The van der Waals surface area contributed by atoms with Gasteiger partial charge in [-0.05, 0) is 53.7 Å². The maximum atomic E-state index is 11.0. The Morgan fingerprint density at radius 2 is 1.00 bits per heavy atom. The predicted molar refractivity (Wildman–Crippen MR) is 130 cm³/mol. The van der Waals surface area contributed by atoms with E-state index in [4.69, 9.17) is 28.4 Å². The number of aliphatic hydroxyl groups excluding tert-OH is 2. The zero-order valence-electron chi connectivity index (χ0n) is 22.0. The summed E-state index contributed by atoms with van der Waals surface area (Å²) < 4.78 is 33.4. The Morgan fingerprint density at radius 1 is 0.611 bits per heavy atom. The number of rotatable bonds is 0. The van der Waals surface area contributed by atoms with Gasteiger partial charge in [0.05, 0.1) is 30.5 Å². The Bertz CT molecular complexity index is 844. The minimum atomic E-state index is -0.537. The molecule has 9 nitrogen and oxygen atoms in total. The number of ether oxygens (including phenoxy) is 6. The molecular formula is C27H40O9. The van der Waals surface area contributed by atoms with Crippen LogP contribution in [-0.4, -0.2) is 82.2 Å². The molecule has 3 heterocycles. The van der Waals surface area contributed by atoms with Crippen LogP contribution in [0.1, 0.15) is 60.8 Å². The highest BCUT2D eigenvalue weighted by Gasteiger charge is 2.44. The van der Waals surface area contributed by atoms with E-state index >= 15 is 0 Å². The second-order valence-corrected chi connectivity index (χ2v) is 11.3. The van der Waals surface area contributed by atoms with Gasteiger partial charge in [-0.1, -0.05) is 24.3 Å². The van der Waals surface area contributed by atoms with E-state index in [1.54, 1.807) is 24.3 Å². The van der Waals surface area contributed by atoms with Crippen molar-refractivity contribution >= 4 is 5.78 Å². The highest BCUT2D eigenvalue weighted by atomic mass is 16.8. The Labute approximate surface area is 213 Å². The molecule has 3 fully saturated rings. The van der Waals surface area contributed by atoms with Crippen molar-refractivity contribution in [3.63, 3.8) is 0 Å². The first-order valence-electron chi connectivity index (χ1n) is 12.7. The molecule has 0 aromatic rings. The van der Waals surface area contributed by atoms with Crippen LogP contribution in [0.3, 0.4) is 0 Å². The lowest BCUT2D eigenvalue weighted by Gasteiger charge is -2.20. The SMILES string of the molecule is CC1(C)O[C@H]2C=CC(=O)C[C@H]2O1.CC1(C)O[C@H]2C=C[C@@H](O)C[C@H]2O1.CC1(C)O[C@H]2C=C[C@H](O)C[C@H]2O1. The molecule has 0 saturated carbocycles. The van der Waals surface area contributed by atoms with E-state index in [2.05, 4.69) is 0 Å². The van der Waals surface area contributed by atoms with Crippen molar-refractivity contribution in [2.24, 2.45) is 0 Å². The molecule has 6 rings (SSSR count). The van der Waals surface area contributed by atoms with E-state index in [9.17, 15) is 15.0 Å². The van der Waals surface area contributed by atoms with Crippen LogP contribution in [0.15, 0.2) is 36.5 Å². The lowest BCUT2D eigenvalue weighted by Crippen LogP contribution is -2.29. The van der Waals surface area contributed by atoms with Crippen LogP contribution < -0.4 is 0 Å². The fourth-order valence-electron chi connectivity index (χ4n) is 5.18. The largest absolute Gasteiger partial charge is 0.389 e. The first kappa shape index (κ1) is 27.6. The van der Waals surface area contributed by atoms with Crippen molar-refractivity contribution in [3.05, 3.63) is 36.5 Å². The molecule has 0 aromatic carbocycles. The second-order valence-electron chi connectivity index (χ2n) is 11.3. The molecule has 0 bridgehead atoms. The van der Waals surface area contributed by atoms with Crippen LogP contribution in [0.4, 0.5) is 0 Å². The molecule has 0 radical (unpaired) electrons. The lowest BCUT2D eigenvalue weighted by atomic mass is 10.00. The van der Waals surface area contributed by atoms with Crippen LogP contribution in [0, 0.1) is 0 Å². The normalized spacial score (nSPS) is 42.4. The average molecular weight is 509 g/mol. The summed E-state index contributed by atoms with van der Waals surface area (Å²) in [7, 11) is 0. The number of aliphatic hydroxyl groups is 2. The third-order valence-corrected chi connectivity index (χ3v) is 6.53. The minimum absolute atomic E-state index is 0.0278. The van der Waals surface area contributed by atoms with Crippen molar-refractivity contribution in [2.45, 2.75) is 127 Å². The molecule has 8 atom stereocenters. The zero-order valence-corrected chi connectivity index (χ0v) is 22.0. The maximum Gasteiger partial charge on any atom is 0.164 e. The van der Waals surface area contributed by atoms with Gasteiger partial charge in [0.15, 0.2) is 23.1 Å². The Morgan fingerprint density at radius 3 is 1.44 bits per heavy atom. The molecule has 3 saturated heterocycles. The molecule has 36 heavy (non-hydrogen) atoms. The molecule has 2 N–H and O–H groups in total. The van der Waals surface area contributed by atoms with Gasteiger partial charge in [-0.3, -0.25) is 4.79 Å². The predicted octanol–water partition coefficient (Wildman–Crippen LogP) is 2.69. The average Bonchev–Trinajstić information content (AvgIpc) is 3.33. The minimum Gasteiger partial charge on any atom is -0.389 e. The molecule has 6 aliphatic rings. The van der Waals surface area contributed by atoms with Crippen LogP contribution in [0.25, 0.3) is 0 Å². The number of allylic oxidation sites excluding steroid dienone is 1. The van der Waals surface area contributed by atoms with E-state index in [0.717, 1.165) is 0 Å². The van der Waals surface area contributed by atoms with Crippen LogP contribution in [-0.2, 0) is 33.2 Å². The fraction of sp³-hybridized carbons (Fsp3) is 0.741. The highest BCUT2D eigenvalue weighted by Crippen LogP contribution is 2.35. The van der Waals surface area contributed by atoms with Gasteiger partial charge in [0.2, 0.25) is 0 Å². The molecule has 0 spiro atoms. The molecule has 3 aliphatic heterocycles. The number of ketones is 1. The van der Waals surface area contributed by atoms with Crippen molar-refractivity contribution < 1.29 is 43.4 Å². The molecule has 9 heteroatoms. The maximum absolute atomic E-state index is 11.0. The number of carbonyl (C=O) groups is 1. The number of carbonyl (C=O) groups excluding carboxylic acids is 1. The quantitative estimate of drug-likeness (QED) is 0.477. The Kier molecular flexibility index (Phi) is 7.96. The third kappa shape index (κ3) is 7.11. The van der Waals surface area contributed by atoms with Crippen LogP contribution >= 0.6 is 0 Å². The summed E-state index contributed by atoms with van der Waals surface area (Å²) in [6.07, 6.45) is 11.7. The molecule has 0 unspecified atom stereocenters. The summed E-state index contributed by atoms with van der Waals surface area (Å²) in [6, 6.07) is 0. The summed E-state index contributed by atoms with van der Waals surface area (Å²) in [6.45, 7) is 11.3. The van der Waals surface area contributed by atoms with E-state index in [1.165, 1.54) is 0 Å². The van der Waals surface area contributed by atoms with Crippen molar-refractivity contribution in [1.29, 1.82) is 0 Å². The van der Waals surface area contributed by atoms with Crippen molar-refractivity contribution in [2.75, 3.05) is 0 Å². The lowest BCUT2D eigenvalue weighted by molar-refractivity contribution is -0.145. The Balaban J connectivity index is 0.000000127. The standard InChI is InChI=1S/2C9H14O3.C9H12O3/c3*1-9(2)11-7-4-3-6(10)5-8(7)12-9/h2*3-4,6-8,10H,5H2,1-2H3;3-4,7-8H,5H2,1-2H3/t6-,7+,8-;6-,7-,8+;7-,8+/m100/s1. The zero-order chi connectivity index (χ0) is 26.3. The first-order valence-corrected chi connectivity index (χ1v) is 12.7. The van der Waals surface area contributed by atoms with E-state index in [1.807, 2.05) is 53.7 Å². The van der Waals surface area contributed by atoms with E-state index < -0.39 is 17.4 Å². The van der Waals surface area contributed by atoms with Gasteiger partial charge in [-0.2, -0.15) is 0 Å². The summed E-state index contributed by atoms with van der Waals surface area (Å²) in [5.41, 5.74) is 0. The molecule has 0 aromatic heterocycles. The highest BCUT2D eigenvalue weighted by molar-refractivity contribution is 5.91. The van der Waals surface area contributed by atoms with Gasteiger partial charge in [0.25, 0.3) is 0 Å². The summed E-state index contributed by atoms with van der Waals surface area (Å²) in [5.74, 6) is -1.41. The number of hydrogen-bond donors (Lipinski definition) is 2. The second kappa shape index (κ2) is 10.4. The van der Waals surface area contributed by atoms with Crippen LogP contribution in [0.5, 0.6) is 0 Å². The van der Waals surface area contributed by atoms with Gasteiger partial charge in [-0.15, -0.1) is 0 Å². The number of fused-ring (bicyclic) bond motifs is 3. The summed E-state index contributed by atoms with van der Waals surface area (Å²) >= 11 is 0.